The van der Waals surface area contributed by atoms with Crippen molar-refractivity contribution in [1.29, 1.82) is 0 Å². The van der Waals surface area contributed by atoms with Crippen LogP contribution in [0.3, 0.4) is 0 Å². The number of aromatic nitrogens is 2. The van der Waals surface area contributed by atoms with E-state index in [0.717, 1.165) is 59.0 Å². The molecule has 2 aromatic heterocycles. The van der Waals surface area contributed by atoms with Gasteiger partial charge in [-0.2, -0.15) is 0 Å². The predicted molar refractivity (Wildman–Crippen MR) is 91.4 cm³/mol. The monoisotopic (exact) mass is 332 g/mol. The first-order valence-electron chi connectivity index (χ1n) is 8.41. The van der Waals surface area contributed by atoms with Gasteiger partial charge in [0.05, 0.1) is 19.8 Å². The molecule has 2 aliphatic heterocycles. The summed E-state index contributed by atoms with van der Waals surface area (Å²) >= 11 is 1.85. The van der Waals surface area contributed by atoms with Crippen LogP contribution < -0.4 is 0 Å². The van der Waals surface area contributed by atoms with Crippen LogP contribution in [-0.4, -0.2) is 58.7 Å². The SMILES string of the molecule is c1csc(CN2Cc3nccn3CC(CN3CCOCC3)C2)c1. The molecule has 0 aromatic carbocycles. The summed E-state index contributed by atoms with van der Waals surface area (Å²) in [5, 5.41) is 2.17. The number of nitrogens with zero attached hydrogens (tertiary/aromatic N) is 4. The first-order valence-corrected chi connectivity index (χ1v) is 9.29. The van der Waals surface area contributed by atoms with Gasteiger partial charge in [-0.3, -0.25) is 9.80 Å². The van der Waals surface area contributed by atoms with E-state index in [1.54, 1.807) is 0 Å². The number of morpholine rings is 1. The number of hydrogen-bond acceptors (Lipinski definition) is 5. The Morgan fingerprint density at radius 3 is 2.96 bits per heavy atom. The summed E-state index contributed by atoms with van der Waals surface area (Å²) in [4.78, 5) is 11.1. The average molecular weight is 332 g/mol. The van der Waals surface area contributed by atoms with Crippen LogP contribution in [0, 0.1) is 5.92 Å². The third-order valence-corrected chi connectivity index (χ3v) is 5.58. The molecule has 1 fully saturated rings. The van der Waals surface area contributed by atoms with E-state index < -0.39 is 0 Å². The van der Waals surface area contributed by atoms with Crippen LogP contribution in [0.25, 0.3) is 0 Å². The lowest BCUT2D eigenvalue weighted by Crippen LogP contribution is -2.42. The Labute approximate surface area is 141 Å². The lowest BCUT2D eigenvalue weighted by molar-refractivity contribution is 0.0266. The number of hydrogen-bond donors (Lipinski definition) is 0. The molecule has 0 amide bonds. The Hall–Kier alpha value is -1.21. The van der Waals surface area contributed by atoms with Crippen LogP contribution in [0.15, 0.2) is 29.9 Å². The highest BCUT2D eigenvalue weighted by atomic mass is 32.1. The highest BCUT2D eigenvalue weighted by Gasteiger charge is 2.25. The maximum atomic E-state index is 5.48. The normalized spacial score (nSPS) is 23.6. The fourth-order valence-corrected chi connectivity index (χ4v) is 4.38. The van der Waals surface area contributed by atoms with Crippen LogP contribution in [0.5, 0.6) is 0 Å². The maximum absolute atomic E-state index is 5.48. The highest BCUT2D eigenvalue weighted by Crippen LogP contribution is 2.20. The summed E-state index contributed by atoms with van der Waals surface area (Å²) in [5.41, 5.74) is 0. The minimum atomic E-state index is 0.642. The van der Waals surface area contributed by atoms with E-state index in [4.69, 9.17) is 4.74 Å². The quantitative estimate of drug-likeness (QED) is 0.856. The average Bonchev–Trinajstić information content (AvgIpc) is 3.18. The van der Waals surface area contributed by atoms with Gasteiger partial charge in [-0.25, -0.2) is 4.98 Å². The van der Waals surface area contributed by atoms with Gasteiger partial charge in [-0.1, -0.05) is 6.07 Å². The van der Waals surface area contributed by atoms with Gasteiger partial charge in [0, 0.05) is 62.5 Å². The number of fused-ring (bicyclic) bond motifs is 1. The van der Waals surface area contributed by atoms with Gasteiger partial charge >= 0.3 is 0 Å². The first kappa shape index (κ1) is 15.3. The van der Waals surface area contributed by atoms with Crippen LogP contribution in [0.2, 0.25) is 0 Å². The van der Waals surface area contributed by atoms with Gasteiger partial charge in [-0.05, 0) is 11.4 Å². The molecule has 0 aliphatic carbocycles. The molecule has 1 atom stereocenters. The lowest BCUT2D eigenvalue weighted by Gasteiger charge is -2.31. The Bertz CT molecular complexity index is 606. The number of imidazole rings is 1. The van der Waals surface area contributed by atoms with Gasteiger partial charge in [0.2, 0.25) is 0 Å². The van der Waals surface area contributed by atoms with E-state index in [-0.39, 0.29) is 0 Å². The fraction of sp³-hybridized carbons (Fsp3) is 0.588. The van der Waals surface area contributed by atoms with Crippen LogP contribution >= 0.6 is 11.3 Å². The number of ether oxygens (including phenoxy) is 1. The molecule has 124 valence electrons. The molecule has 1 unspecified atom stereocenters. The van der Waals surface area contributed by atoms with Crippen molar-refractivity contribution in [3.63, 3.8) is 0 Å². The maximum Gasteiger partial charge on any atom is 0.122 e. The van der Waals surface area contributed by atoms with Gasteiger partial charge in [-0.15, -0.1) is 11.3 Å². The summed E-state index contributed by atoms with van der Waals surface area (Å²) in [7, 11) is 0. The summed E-state index contributed by atoms with van der Waals surface area (Å²) in [6.45, 7) is 9.24. The Kier molecular flexibility index (Phi) is 4.75. The van der Waals surface area contributed by atoms with Gasteiger partial charge < -0.3 is 9.30 Å². The van der Waals surface area contributed by atoms with E-state index in [2.05, 4.69) is 43.1 Å². The van der Waals surface area contributed by atoms with Crippen molar-refractivity contribution >= 4 is 11.3 Å². The minimum Gasteiger partial charge on any atom is -0.379 e. The molecular formula is C17H24N4OS. The van der Waals surface area contributed by atoms with E-state index in [1.807, 2.05) is 17.5 Å². The zero-order valence-electron chi connectivity index (χ0n) is 13.4. The second-order valence-corrected chi connectivity index (χ2v) is 7.56. The molecular weight excluding hydrogens is 308 g/mol. The van der Waals surface area contributed by atoms with E-state index >= 15 is 0 Å². The zero-order valence-corrected chi connectivity index (χ0v) is 14.2. The summed E-state index contributed by atoms with van der Waals surface area (Å²) in [6, 6.07) is 4.38. The van der Waals surface area contributed by atoms with E-state index in [0.29, 0.717) is 5.92 Å². The molecule has 6 heteroatoms. The summed E-state index contributed by atoms with van der Waals surface area (Å²) in [5.74, 6) is 1.84. The van der Waals surface area contributed by atoms with Crippen molar-refractivity contribution < 1.29 is 4.74 Å². The molecule has 23 heavy (non-hydrogen) atoms. The Balaban J connectivity index is 1.47. The van der Waals surface area contributed by atoms with Gasteiger partial charge in [0.25, 0.3) is 0 Å². The van der Waals surface area contributed by atoms with Crippen molar-refractivity contribution in [2.75, 3.05) is 39.4 Å². The van der Waals surface area contributed by atoms with Crippen molar-refractivity contribution in [2.24, 2.45) is 5.92 Å². The topological polar surface area (TPSA) is 33.5 Å². The molecule has 0 saturated carbocycles. The number of rotatable bonds is 4. The first-order chi connectivity index (χ1) is 11.4. The third-order valence-electron chi connectivity index (χ3n) is 4.72. The van der Waals surface area contributed by atoms with Crippen LogP contribution in [-0.2, 0) is 24.4 Å². The Morgan fingerprint density at radius 1 is 1.22 bits per heavy atom. The molecule has 4 rings (SSSR count). The lowest BCUT2D eigenvalue weighted by atomic mass is 10.1. The standard InChI is InChI=1S/C17H24N4OS/c1-2-16(23-9-1)13-20-11-15(10-19-5-7-22-8-6-19)12-21-4-3-18-17(21)14-20/h1-4,9,15H,5-8,10-14H2. The smallest absolute Gasteiger partial charge is 0.122 e. The molecule has 0 radical (unpaired) electrons. The fourth-order valence-electron chi connectivity index (χ4n) is 3.63. The molecule has 2 aromatic rings. The van der Waals surface area contributed by atoms with Gasteiger partial charge in [0.1, 0.15) is 5.82 Å². The molecule has 0 bridgehead atoms. The summed E-state index contributed by atoms with van der Waals surface area (Å²) < 4.78 is 7.83. The molecule has 0 spiro atoms. The Morgan fingerprint density at radius 2 is 2.13 bits per heavy atom. The predicted octanol–water partition coefficient (Wildman–Crippen LogP) is 1.91. The van der Waals surface area contributed by atoms with Crippen molar-refractivity contribution in [3.05, 3.63) is 40.6 Å². The van der Waals surface area contributed by atoms with Gasteiger partial charge in [0.15, 0.2) is 0 Å². The second kappa shape index (κ2) is 7.13. The molecule has 5 nitrogen and oxygen atoms in total. The van der Waals surface area contributed by atoms with Crippen molar-refractivity contribution in [1.82, 2.24) is 19.4 Å². The van der Waals surface area contributed by atoms with E-state index in [9.17, 15) is 0 Å². The van der Waals surface area contributed by atoms with Crippen molar-refractivity contribution in [2.45, 2.75) is 19.6 Å². The molecule has 0 N–H and O–H groups in total. The third kappa shape index (κ3) is 3.83. The highest BCUT2D eigenvalue weighted by molar-refractivity contribution is 7.09. The number of thiophene rings is 1. The molecule has 2 aliphatic rings. The van der Waals surface area contributed by atoms with Crippen LogP contribution in [0.4, 0.5) is 0 Å². The van der Waals surface area contributed by atoms with Crippen molar-refractivity contribution in [3.8, 4) is 0 Å². The molecule has 1 saturated heterocycles. The zero-order chi connectivity index (χ0) is 15.5. The minimum absolute atomic E-state index is 0.642. The largest absolute Gasteiger partial charge is 0.379 e. The summed E-state index contributed by atoms with van der Waals surface area (Å²) in [6.07, 6.45) is 4.08. The molecule has 4 heterocycles. The van der Waals surface area contributed by atoms with Crippen LogP contribution in [0.1, 0.15) is 10.7 Å². The second-order valence-electron chi connectivity index (χ2n) is 6.52. The van der Waals surface area contributed by atoms with E-state index in [1.165, 1.54) is 10.7 Å².